The van der Waals surface area contributed by atoms with Gasteiger partial charge in [0.25, 0.3) is 0 Å². The molecule has 12 rings (SSSR count). The largest absolute Gasteiger partial charge is 0.494 e. The first kappa shape index (κ1) is 103. The SMILES string of the molecule is C.C.CCc1cc(Nc2ncc(C(F)(F)F)c(C[C@@H]3CCCC3N(C)S(C)(=O)=O)n2)c(OC)cc1N1CCNCC1.COc1cc(N2CCN(C(C)(C)C)CC2)c(C)cc1Nc1ncc(C(F)(F)F)c(C[C@@H]2CCCC[C@H]2N(C)S(C)(=O)=O)n1.COc1cc(NC(=O)C2CCN(C)CC2)ccc1Nc1ncc(C(F)(F)F)c(C[C@@H]2CCCC[C@H]2N(C)S(C)(=O)=O)n1. The Morgan fingerprint density at radius 1 is 0.500 bits per heavy atom. The number of halogens is 9. The maximum absolute atomic E-state index is 14.1. The molecule has 704 valence electrons. The molecule has 6 aliphatic rings. The highest BCUT2D eigenvalue weighted by Crippen LogP contribution is 2.44. The van der Waals surface area contributed by atoms with Crippen LogP contribution in [0.25, 0.3) is 0 Å². The zero-order chi connectivity index (χ0) is 90.8. The van der Waals surface area contributed by atoms with Gasteiger partial charge in [0, 0.05) is 157 Å². The summed E-state index contributed by atoms with van der Waals surface area (Å²) in [6, 6.07) is 11.5. The number of likely N-dealkylation sites (tertiary alicyclic amines) is 1. The number of aromatic nitrogens is 6. The van der Waals surface area contributed by atoms with Crippen molar-refractivity contribution in [2.75, 3.05) is 165 Å². The number of hydrogen-bond acceptors (Lipinski definition) is 24. The Bertz CT molecular complexity index is 5000. The summed E-state index contributed by atoms with van der Waals surface area (Å²) in [6.45, 7) is 19.5. The predicted octanol–water partition coefficient (Wildman–Crippen LogP) is 15.1. The van der Waals surface area contributed by atoms with Crippen molar-refractivity contribution in [3.8, 4) is 17.2 Å². The van der Waals surface area contributed by atoms with E-state index in [2.05, 4.69) is 104 Å². The van der Waals surface area contributed by atoms with Crippen molar-refractivity contribution >= 4 is 87.9 Å². The Morgan fingerprint density at radius 3 is 1.27 bits per heavy atom. The molecule has 3 aromatic carbocycles. The molecule has 0 radical (unpaired) electrons. The van der Waals surface area contributed by atoms with Gasteiger partial charge in [-0.3, -0.25) is 9.69 Å². The second-order valence-electron chi connectivity index (χ2n) is 34.2. The first-order chi connectivity index (χ1) is 58.2. The Kier molecular flexibility index (Phi) is 35.6. The molecule has 28 nitrogen and oxygen atoms in total. The third-order valence-corrected chi connectivity index (χ3v) is 28.8. The molecule has 126 heavy (non-hydrogen) atoms. The number of piperazine rings is 2. The van der Waals surface area contributed by atoms with Crippen LogP contribution in [0.4, 0.5) is 91.5 Å². The van der Waals surface area contributed by atoms with Crippen LogP contribution in [0.15, 0.2) is 61.1 Å². The highest BCUT2D eigenvalue weighted by molar-refractivity contribution is 7.88. The van der Waals surface area contributed by atoms with Crippen LogP contribution in [0, 0.1) is 30.6 Å². The summed E-state index contributed by atoms with van der Waals surface area (Å²) in [5.41, 5.74) is 3.10. The van der Waals surface area contributed by atoms with E-state index in [0.717, 1.165) is 177 Å². The molecule has 6 fully saturated rings. The fourth-order valence-electron chi connectivity index (χ4n) is 17.7. The molecule has 6 aromatic rings. The highest BCUT2D eigenvalue weighted by Gasteiger charge is 2.44. The highest BCUT2D eigenvalue weighted by atomic mass is 32.2. The minimum absolute atomic E-state index is 0. The van der Waals surface area contributed by atoms with E-state index < -0.39 is 77.4 Å². The number of carbonyl (C=O) groups excluding carboxylic acids is 1. The van der Waals surface area contributed by atoms with E-state index in [0.29, 0.717) is 78.5 Å². The van der Waals surface area contributed by atoms with Crippen molar-refractivity contribution in [2.45, 2.75) is 201 Å². The number of ether oxygens (including phenoxy) is 3. The van der Waals surface area contributed by atoms with Crippen molar-refractivity contribution in [3.63, 3.8) is 0 Å². The minimum Gasteiger partial charge on any atom is -0.494 e. The van der Waals surface area contributed by atoms with Crippen molar-refractivity contribution in [2.24, 2.45) is 23.7 Å². The van der Waals surface area contributed by atoms with E-state index in [1.807, 2.05) is 38.2 Å². The number of hydrogen-bond donors (Lipinski definition) is 5. The average Bonchev–Trinajstić information content (AvgIpc) is 0.796. The van der Waals surface area contributed by atoms with Gasteiger partial charge < -0.3 is 55.5 Å². The van der Waals surface area contributed by atoms with Gasteiger partial charge in [0.2, 0.25) is 53.8 Å². The summed E-state index contributed by atoms with van der Waals surface area (Å²) in [7, 11) is 0.531. The number of benzene rings is 3. The number of methoxy groups -OCH3 is 3. The molecule has 6 heterocycles. The molecule has 3 aliphatic carbocycles. The Balaban J connectivity index is 0.000000232. The predicted molar refractivity (Wildman–Crippen MR) is 477 cm³/mol. The van der Waals surface area contributed by atoms with E-state index in [9.17, 15) is 69.6 Å². The Labute approximate surface area is 738 Å². The molecule has 3 aliphatic heterocycles. The van der Waals surface area contributed by atoms with Gasteiger partial charge in [-0.2, -0.15) is 39.5 Å². The lowest BCUT2D eigenvalue weighted by atomic mass is 9.81. The Morgan fingerprint density at radius 2 is 0.873 bits per heavy atom. The zero-order valence-electron chi connectivity index (χ0n) is 73.4. The molecule has 3 saturated heterocycles. The zero-order valence-corrected chi connectivity index (χ0v) is 75.9. The summed E-state index contributed by atoms with van der Waals surface area (Å²) in [4.78, 5) is 46.9. The number of aryl methyl sites for hydroxylation is 2. The van der Waals surface area contributed by atoms with Crippen LogP contribution in [-0.4, -0.2) is 241 Å². The molecule has 0 bridgehead atoms. The summed E-state index contributed by atoms with van der Waals surface area (Å²) in [6.07, 6.45) is 1.60. The van der Waals surface area contributed by atoms with E-state index in [4.69, 9.17) is 14.2 Å². The lowest BCUT2D eigenvalue weighted by Crippen LogP contribution is -2.53. The summed E-state index contributed by atoms with van der Waals surface area (Å²) in [5.74, 6) is 0.364. The van der Waals surface area contributed by atoms with Gasteiger partial charge >= 0.3 is 18.5 Å². The first-order valence-corrected chi connectivity index (χ1v) is 47.6. The second-order valence-corrected chi connectivity index (χ2v) is 40.3. The van der Waals surface area contributed by atoms with Crippen LogP contribution in [0.5, 0.6) is 17.2 Å². The van der Waals surface area contributed by atoms with Crippen LogP contribution >= 0.6 is 0 Å². The molecule has 0 spiro atoms. The summed E-state index contributed by atoms with van der Waals surface area (Å²) >= 11 is 0. The maximum Gasteiger partial charge on any atom is 0.419 e. The fourth-order valence-corrected chi connectivity index (χ4v) is 20.0. The molecule has 6 atom stereocenters. The number of nitrogens with one attached hydrogen (secondary N) is 5. The number of amides is 1. The number of sulfonamides is 3. The molecule has 1 amide bonds. The molecule has 1 unspecified atom stereocenters. The molecule has 3 aromatic heterocycles. The lowest BCUT2D eigenvalue weighted by Gasteiger charge is -2.43. The number of carbonyl (C=O) groups is 1. The third kappa shape index (κ3) is 27.0. The monoisotopic (exact) mass is 1840 g/mol. The molecule has 3 saturated carbocycles. The lowest BCUT2D eigenvalue weighted by molar-refractivity contribution is -0.139. The van der Waals surface area contributed by atoms with E-state index in [-0.39, 0.29) is 110 Å². The second kappa shape index (κ2) is 43.4. The van der Waals surface area contributed by atoms with Gasteiger partial charge in [0.05, 0.1) is 90.9 Å². The topological polar surface area (TPSA) is 307 Å². The van der Waals surface area contributed by atoms with Gasteiger partial charge in [0.15, 0.2) is 0 Å². The minimum atomic E-state index is -4.67. The third-order valence-electron chi connectivity index (χ3n) is 24.8. The number of rotatable bonds is 26. The summed E-state index contributed by atoms with van der Waals surface area (Å²) < 4.78 is 220. The van der Waals surface area contributed by atoms with Crippen molar-refractivity contribution in [1.29, 1.82) is 0 Å². The summed E-state index contributed by atoms with van der Waals surface area (Å²) in [5, 5.41) is 15.4. The Hall–Kier alpha value is -8.25. The average molecular weight is 1840 g/mol. The normalized spacial score (nSPS) is 20.4. The molecule has 5 N–H and O–H groups in total. The maximum atomic E-state index is 14.1. The van der Waals surface area contributed by atoms with Crippen molar-refractivity contribution in [1.82, 2.24) is 57.9 Å². The van der Waals surface area contributed by atoms with Crippen molar-refractivity contribution < 1.29 is 83.8 Å². The molecular weight excluding hydrogens is 1710 g/mol. The smallest absolute Gasteiger partial charge is 0.419 e. The molecular formula is C86H129F9N18O10S3. The van der Waals surface area contributed by atoms with Gasteiger partial charge in [-0.15, -0.1) is 0 Å². The standard InChI is InChI=1S/C30H45F3N6O3S.C28H39F3N6O4S.C26H37F3N6O3S.2CH4/c1-20-16-24(27(42-6)18-26(20)38-12-14-39(15-13-38)29(2,3)4)36-28-34-19-22(30(31,32)33)23(35-28)17-21-10-8-9-11-25(21)37(5)43(7,40)41;1-36-13-11-18(12-14-36)26(38)33-20-9-10-22(25(16-20)41-3)34-27-32-17-21(28(29,30)31)23(35-27)15-19-7-5-6-8-24(19)37(2)42(4,39)40;1-5-17-13-21(24(38-3)15-23(17)35-11-9-30-10-12-35)33-25-31-16-19(26(27,28)29)20(32-25)14-18-7-6-8-22(18)34(2)39(4,36)37;;/h16,18-19,21,25H,8-15,17H2,1-7H3,(H,34,35,36);9-10,16-19,24H,5-8,11-15H2,1-4H3,(H,33,38)(H,32,34,35);13,15-16,18,22,30H,5-12,14H2,1-4H3,(H,31,32,33);2*1H4/t21-,25+;19-,24+;18-,22?;;/m000../s1. The first-order valence-electron chi connectivity index (χ1n) is 42.1. The number of alkyl halides is 9. The number of anilines is 9. The number of piperidine rings is 1. The van der Waals surface area contributed by atoms with E-state index >= 15 is 0 Å². The van der Waals surface area contributed by atoms with Crippen LogP contribution < -0.4 is 50.6 Å². The quantitative estimate of drug-likeness (QED) is 0.0315. The van der Waals surface area contributed by atoms with Gasteiger partial charge in [-0.1, -0.05) is 53.9 Å². The van der Waals surface area contributed by atoms with Crippen LogP contribution in [0.3, 0.4) is 0 Å². The van der Waals surface area contributed by atoms with E-state index in [1.165, 1.54) is 41.2 Å². The molecule has 40 heteroatoms. The van der Waals surface area contributed by atoms with Gasteiger partial charge in [-0.05, 0) is 178 Å². The van der Waals surface area contributed by atoms with Gasteiger partial charge in [-0.25, -0.2) is 68.1 Å². The fraction of sp³-hybridized carbons (Fsp3) is 0.640. The van der Waals surface area contributed by atoms with E-state index in [1.54, 1.807) is 32.4 Å². The van der Waals surface area contributed by atoms with Crippen LogP contribution in [0.2, 0.25) is 0 Å². The van der Waals surface area contributed by atoms with Crippen LogP contribution in [0.1, 0.15) is 171 Å². The van der Waals surface area contributed by atoms with Crippen LogP contribution in [-0.2, 0) is 79.1 Å². The van der Waals surface area contributed by atoms with Gasteiger partial charge in [0.1, 0.15) is 17.2 Å². The number of nitrogens with zero attached hydrogens (tertiary/aromatic N) is 13. The van der Waals surface area contributed by atoms with Crippen molar-refractivity contribution in [3.05, 3.63) is 106 Å².